The Labute approximate surface area is 197 Å². The highest BCUT2D eigenvalue weighted by Gasteiger charge is 2.41. The zero-order chi connectivity index (χ0) is 24.6. The zero-order valence-corrected chi connectivity index (χ0v) is 19.6. The lowest BCUT2D eigenvalue weighted by molar-refractivity contribution is -0.128. The molecule has 2 aliphatic rings. The summed E-state index contributed by atoms with van der Waals surface area (Å²) in [4.78, 5) is 28.1. The van der Waals surface area contributed by atoms with Gasteiger partial charge in [0.25, 0.3) is 5.91 Å². The smallest absolute Gasteiger partial charge is 0.254 e. The second-order valence-electron chi connectivity index (χ2n) is 8.90. The highest BCUT2D eigenvalue weighted by atomic mass is 32.2. The maximum Gasteiger partial charge on any atom is 0.254 e. The third-order valence-electron chi connectivity index (χ3n) is 6.45. The van der Waals surface area contributed by atoms with Crippen molar-refractivity contribution in [3.8, 4) is 0 Å². The molecular formula is C24H26F2N2O5S. The molecule has 182 valence electrons. The average molecular weight is 493 g/mol. The maximum atomic E-state index is 14.5. The molecule has 2 saturated heterocycles. The highest BCUT2D eigenvalue weighted by molar-refractivity contribution is 7.90. The average Bonchev–Trinajstić information content (AvgIpc) is 3.12. The molecule has 7 nitrogen and oxygen atoms in total. The normalized spacial score (nSPS) is 21.7. The van der Waals surface area contributed by atoms with Gasteiger partial charge < -0.3 is 15.0 Å². The molecule has 0 spiro atoms. The Morgan fingerprint density at radius 3 is 2.47 bits per heavy atom. The van der Waals surface area contributed by atoms with Crippen molar-refractivity contribution in [2.24, 2.45) is 5.92 Å². The number of rotatable bonds is 6. The Bertz CT molecular complexity index is 1220. The first-order valence-electron chi connectivity index (χ1n) is 11.0. The molecule has 0 aromatic heterocycles. The van der Waals surface area contributed by atoms with Crippen LogP contribution in [0.5, 0.6) is 0 Å². The van der Waals surface area contributed by atoms with E-state index in [1.165, 1.54) is 35.2 Å². The number of benzene rings is 2. The van der Waals surface area contributed by atoms with Crippen LogP contribution in [-0.4, -0.2) is 56.7 Å². The predicted octanol–water partition coefficient (Wildman–Crippen LogP) is 2.87. The number of likely N-dealkylation sites (tertiary alicyclic amines) is 1. The van der Waals surface area contributed by atoms with Crippen LogP contribution in [0.15, 0.2) is 47.4 Å². The molecule has 4 rings (SSSR count). The summed E-state index contributed by atoms with van der Waals surface area (Å²) in [6.45, 7) is 2.47. The van der Waals surface area contributed by atoms with Gasteiger partial charge in [-0.05, 0) is 44.0 Å². The van der Waals surface area contributed by atoms with E-state index in [0.717, 1.165) is 18.4 Å². The van der Waals surface area contributed by atoms with E-state index in [9.17, 15) is 26.8 Å². The third kappa shape index (κ3) is 4.83. The van der Waals surface area contributed by atoms with Crippen LogP contribution in [0.1, 0.15) is 41.7 Å². The molecule has 0 unspecified atom stereocenters. The van der Waals surface area contributed by atoms with Crippen LogP contribution in [0.4, 0.5) is 8.78 Å². The lowest BCUT2D eigenvalue weighted by atomic mass is 9.90. The molecule has 2 amide bonds. The summed E-state index contributed by atoms with van der Waals surface area (Å²) in [5.74, 6) is -2.56. The van der Waals surface area contributed by atoms with Crippen molar-refractivity contribution in [1.82, 2.24) is 10.2 Å². The van der Waals surface area contributed by atoms with E-state index < -0.39 is 45.4 Å². The molecule has 2 aliphatic heterocycles. The number of carbonyl (C=O) groups excluding carboxylic acids is 2. The zero-order valence-electron chi connectivity index (χ0n) is 18.8. The maximum absolute atomic E-state index is 14.5. The van der Waals surface area contributed by atoms with Gasteiger partial charge in [-0.2, -0.15) is 0 Å². The lowest BCUT2D eigenvalue weighted by Gasteiger charge is -2.36. The van der Waals surface area contributed by atoms with E-state index in [2.05, 4.69) is 5.32 Å². The Morgan fingerprint density at radius 1 is 1.12 bits per heavy atom. The summed E-state index contributed by atoms with van der Waals surface area (Å²) in [6, 6.07) is 7.15. The fourth-order valence-corrected chi connectivity index (χ4v) is 5.16. The summed E-state index contributed by atoms with van der Waals surface area (Å²) in [5.41, 5.74) is 0.329. The van der Waals surface area contributed by atoms with E-state index >= 15 is 0 Å². The standard InChI is InChI=1S/C24H26F2N2O5S/c1-14-6-9-21(28(14)24(30)15-4-3-5-18(10-15)34(2,31)32)23(29)27-22(16-12-33-13-16)19-8-7-17(25)11-20(19)26/h3-5,7-8,10-11,14,16,21-22H,6,9,12-13H2,1-2H3,(H,27,29)/t14-,21-,22-/m1/s1. The van der Waals surface area contributed by atoms with Crippen molar-refractivity contribution in [2.75, 3.05) is 19.5 Å². The predicted molar refractivity (Wildman–Crippen MR) is 120 cm³/mol. The number of carbonyl (C=O) groups is 2. The minimum absolute atomic E-state index is 0.0167. The minimum atomic E-state index is -3.51. The van der Waals surface area contributed by atoms with E-state index in [1.807, 2.05) is 6.92 Å². The summed E-state index contributed by atoms with van der Waals surface area (Å²) in [6.07, 6.45) is 2.05. The van der Waals surface area contributed by atoms with Crippen LogP contribution in [-0.2, 0) is 19.4 Å². The molecule has 1 N–H and O–H groups in total. The van der Waals surface area contributed by atoms with E-state index in [0.29, 0.717) is 26.1 Å². The van der Waals surface area contributed by atoms with Crippen LogP contribution in [0.2, 0.25) is 0 Å². The van der Waals surface area contributed by atoms with Gasteiger partial charge in [0.15, 0.2) is 9.84 Å². The second kappa shape index (κ2) is 9.42. The molecule has 0 radical (unpaired) electrons. The van der Waals surface area contributed by atoms with Gasteiger partial charge in [-0.3, -0.25) is 9.59 Å². The fourth-order valence-electron chi connectivity index (χ4n) is 4.49. The van der Waals surface area contributed by atoms with Crippen molar-refractivity contribution in [3.05, 3.63) is 65.2 Å². The topological polar surface area (TPSA) is 92.8 Å². The first kappa shape index (κ1) is 24.3. The molecule has 2 fully saturated rings. The number of ether oxygens (including phenoxy) is 1. The minimum Gasteiger partial charge on any atom is -0.381 e. The third-order valence-corrected chi connectivity index (χ3v) is 7.56. The summed E-state index contributed by atoms with van der Waals surface area (Å²) < 4.78 is 57.0. The number of halogens is 2. The molecular weight excluding hydrogens is 466 g/mol. The number of amides is 2. The SMILES string of the molecule is C[C@@H]1CC[C@H](C(=O)N[C@@H](c2ccc(F)cc2F)C2COC2)N1C(=O)c1cccc(S(C)(=O)=O)c1. The van der Waals surface area contributed by atoms with Gasteiger partial charge in [0.05, 0.1) is 24.2 Å². The monoisotopic (exact) mass is 492 g/mol. The Hall–Kier alpha value is -2.85. The van der Waals surface area contributed by atoms with Crippen LogP contribution in [0.25, 0.3) is 0 Å². The van der Waals surface area contributed by atoms with Crippen molar-refractivity contribution in [2.45, 2.75) is 42.8 Å². The Morgan fingerprint density at radius 2 is 1.85 bits per heavy atom. The van der Waals surface area contributed by atoms with Gasteiger partial charge in [0.2, 0.25) is 5.91 Å². The first-order chi connectivity index (χ1) is 16.1. The second-order valence-corrected chi connectivity index (χ2v) is 10.9. The summed E-state index contributed by atoms with van der Waals surface area (Å²) in [7, 11) is -3.51. The molecule has 34 heavy (non-hydrogen) atoms. The number of nitrogens with one attached hydrogen (secondary N) is 1. The van der Waals surface area contributed by atoms with E-state index in [1.54, 1.807) is 0 Å². The molecule has 3 atom stereocenters. The first-order valence-corrected chi connectivity index (χ1v) is 12.9. The summed E-state index contributed by atoms with van der Waals surface area (Å²) >= 11 is 0. The number of nitrogens with zero attached hydrogens (tertiary/aromatic N) is 1. The number of hydrogen-bond donors (Lipinski definition) is 1. The lowest BCUT2D eigenvalue weighted by Crippen LogP contribution is -2.51. The van der Waals surface area contributed by atoms with Gasteiger partial charge in [0, 0.05) is 35.4 Å². The molecule has 2 aromatic carbocycles. The Kier molecular flexibility index (Phi) is 6.73. The van der Waals surface area contributed by atoms with Crippen LogP contribution in [0.3, 0.4) is 0 Å². The molecule has 2 aromatic rings. The van der Waals surface area contributed by atoms with Gasteiger partial charge in [-0.25, -0.2) is 17.2 Å². The van der Waals surface area contributed by atoms with Crippen molar-refractivity contribution in [3.63, 3.8) is 0 Å². The largest absolute Gasteiger partial charge is 0.381 e. The highest BCUT2D eigenvalue weighted by Crippen LogP contribution is 2.32. The molecule has 10 heteroatoms. The van der Waals surface area contributed by atoms with Crippen molar-refractivity contribution in [1.29, 1.82) is 0 Å². The molecule has 0 bridgehead atoms. The van der Waals surface area contributed by atoms with Crippen LogP contribution < -0.4 is 5.32 Å². The van der Waals surface area contributed by atoms with E-state index in [4.69, 9.17) is 4.74 Å². The van der Waals surface area contributed by atoms with Gasteiger partial charge in [0.1, 0.15) is 17.7 Å². The van der Waals surface area contributed by atoms with Crippen molar-refractivity contribution >= 4 is 21.7 Å². The fraction of sp³-hybridized carbons (Fsp3) is 0.417. The summed E-state index contributed by atoms with van der Waals surface area (Å²) in [5, 5.41) is 2.86. The van der Waals surface area contributed by atoms with Crippen LogP contribution in [0, 0.1) is 17.6 Å². The van der Waals surface area contributed by atoms with Gasteiger partial charge in [-0.1, -0.05) is 12.1 Å². The molecule has 0 aliphatic carbocycles. The van der Waals surface area contributed by atoms with Gasteiger partial charge in [-0.15, -0.1) is 0 Å². The van der Waals surface area contributed by atoms with Crippen molar-refractivity contribution < 1.29 is 31.5 Å². The molecule has 0 saturated carbocycles. The van der Waals surface area contributed by atoms with Gasteiger partial charge >= 0.3 is 0 Å². The quantitative estimate of drug-likeness (QED) is 0.670. The Balaban J connectivity index is 1.58. The van der Waals surface area contributed by atoms with Crippen LogP contribution >= 0.6 is 0 Å². The van der Waals surface area contributed by atoms with E-state index in [-0.39, 0.29) is 28.0 Å². The molecule has 2 heterocycles. The number of hydrogen-bond acceptors (Lipinski definition) is 5. The number of sulfone groups is 1.